The van der Waals surface area contributed by atoms with Crippen LogP contribution >= 0.6 is 11.8 Å². The van der Waals surface area contributed by atoms with Gasteiger partial charge in [-0.1, -0.05) is 24.3 Å². The quantitative estimate of drug-likeness (QED) is 0.920. The number of carboxylic acids is 1. The molecule has 1 amide bonds. The summed E-state index contributed by atoms with van der Waals surface area (Å²) in [5, 5.41) is 8.61. The molecular formula is C15H17NO3S. The highest BCUT2D eigenvalue weighted by molar-refractivity contribution is 8.00. The molecule has 2 aliphatic rings. The Morgan fingerprint density at radius 1 is 1.25 bits per heavy atom. The number of amides is 1. The molecule has 0 atom stereocenters. The molecule has 1 saturated carbocycles. The van der Waals surface area contributed by atoms with Crippen molar-refractivity contribution in [3.8, 4) is 0 Å². The highest BCUT2D eigenvalue weighted by Gasteiger charge is 2.49. The summed E-state index contributed by atoms with van der Waals surface area (Å²) < 4.78 is 0. The van der Waals surface area contributed by atoms with Gasteiger partial charge in [0.15, 0.2) is 0 Å². The van der Waals surface area contributed by atoms with Gasteiger partial charge in [-0.15, -0.1) is 11.8 Å². The van der Waals surface area contributed by atoms with Crippen molar-refractivity contribution in [1.82, 2.24) is 4.90 Å². The van der Waals surface area contributed by atoms with E-state index in [0.29, 0.717) is 6.54 Å². The molecule has 0 bridgehead atoms. The fourth-order valence-electron chi connectivity index (χ4n) is 2.96. The summed E-state index contributed by atoms with van der Waals surface area (Å²) in [6.45, 7) is 1.45. The number of nitrogens with zero attached hydrogens (tertiary/aromatic N) is 1. The third-order valence-electron chi connectivity index (χ3n) is 4.10. The summed E-state index contributed by atoms with van der Waals surface area (Å²) in [6, 6.07) is 8.36. The van der Waals surface area contributed by atoms with Gasteiger partial charge in [0, 0.05) is 18.5 Å². The summed E-state index contributed by atoms with van der Waals surface area (Å²) in [4.78, 5) is 24.6. The van der Waals surface area contributed by atoms with Gasteiger partial charge in [0.25, 0.3) is 0 Å². The van der Waals surface area contributed by atoms with Crippen LogP contribution in [0.3, 0.4) is 0 Å². The van der Waals surface area contributed by atoms with Crippen molar-refractivity contribution in [1.29, 1.82) is 0 Å². The number of carbonyl (C=O) groups excluding carboxylic acids is 1. The van der Waals surface area contributed by atoms with Crippen LogP contribution < -0.4 is 0 Å². The molecule has 0 radical (unpaired) electrons. The lowest BCUT2D eigenvalue weighted by atomic mass is 9.87. The summed E-state index contributed by atoms with van der Waals surface area (Å²) in [5.74, 6) is -0.575. The zero-order valence-electron chi connectivity index (χ0n) is 11.2. The molecular weight excluding hydrogens is 274 g/mol. The van der Waals surface area contributed by atoms with Crippen LogP contribution in [0.25, 0.3) is 0 Å². The van der Waals surface area contributed by atoms with Crippen molar-refractivity contribution in [2.24, 2.45) is 0 Å². The minimum absolute atomic E-state index is 0.0126. The van der Waals surface area contributed by atoms with Crippen LogP contribution in [0.15, 0.2) is 24.3 Å². The topological polar surface area (TPSA) is 57.6 Å². The van der Waals surface area contributed by atoms with Gasteiger partial charge in [0.2, 0.25) is 5.91 Å². The standard InChI is InChI=1S/C15H17NO3S/c17-13(8-20-9-14(18)19)16-7-11-3-1-2-4-12(11)15(10-16)5-6-15/h1-4H,5-10H2,(H,18,19). The molecule has 1 aromatic rings. The van der Waals surface area contributed by atoms with E-state index in [1.54, 1.807) is 0 Å². The second-order valence-corrected chi connectivity index (χ2v) is 6.56. The third kappa shape index (κ3) is 2.54. The van der Waals surface area contributed by atoms with E-state index < -0.39 is 5.97 Å². The Balaban J connectivity index is 1.68. The lowest BCUT2D eigenvalue weighted by molar-refractivity contribution is -0.133. The van der Waals surface area contributed by atoms with E-state index in [4.69, 9.17) is 5.11 Å². The molecule has 1 N–H and O–H groups in total. The average molecular weight is 291 g/mol. The van der Waals surface area contributed by atoms with E-state index in [0.717, 1.165) is 19.4 Å². The van der Waals surface area contributed by atoms with Crippen LogP contribution in [0, 0.1) is 0 Å². The number of rotatable bonds is 4. The van der Waals surface area contributed by atoms with Crippen LogP contribution in [0.4, 0.5) is 0 Å². The molecule has 1 heterocycles. The number of fused-ring (bicyclic) bond motifs is 2. The normalized spacial score (nSPS) is 18.7. The minimum Gasteiger partial charge on any atom is -0.481 e. The molecule has 0 saturated heterocycles. The zero-order chi connectivity index (χ0) is 14.2. The molecule has 1 spiro atoms. The van der Waals surface area contributed by atoms with E-state index in [9.17, 15) is 9.59 Å². The summed E-state index contributed by atoms with van der Waals surface area (Å²) in [6.07, 6.45) is 2.30. The van der Waals surface area contributed by atoms with Gasteiger partial charge in [0.05, 0.1) is 11.5 Å². The zero-order valence-corrected chi connectivity index (χ0v) is 12.0. The van der Waals surface area contributed by atoms with Crippen molar-refractivity contribution >= 4 is 23.6 Å². The van der Waals surface area contributed by atoms with Gasteiger partial charge < -0.3 is 10.0 Å². The van der Waals surface area contributed by atoms with Crippen LogP contribution in [-0.4, -0.2) is 39.9 Å². The molecule has 1 fully saturated rings. The third-order valence-corrected chi connectivity index (χ3v) is 5.00. The maximum atomic E-state index is 12.2. The number of carboxylic acid groups (broad SMARTS) is 1. The van der Waals surface area contributed by atoms with Crippen molar-refractivity contribution in [2.75, 3.05) is 18.1 Å². The van der Waals surface area contributed by atoms with Crippen molar-refractivity contribution in [3.63, 3.8) is 0 Å². The first kappa shape index (κ1) is 13.5. The van der Waals surface area contributed by atoms with Crippen molar-refractivity contribution in [3.05, 3.63) is 35.4 Å². The second kappa shape index (κ2) is 5.13. The van der Waals surface area contributed by atoms with Gasteiger partial charge in [0.1, 0.15) is 0 Å². The van der Waals surface area contributed by atoms with Gasteiger partial charge in [-0.3, -0.25) is 9.59 Å². The van der Waals surface area contributed by atoms with Crippen LogP contribution in [0.2, 0.25) is 0 Å². The highest BCUT2D eigenvalue weighted by Crippen LogP contribution is 2.52. The van der Waals surface area contributed by atoms with Crippen LogP contribution in [-0.2, 0) is 21.5 Å². The smallest absolute Gasteiger partial charge is 0.313 e. The Morgan fingerprint density at radius 3 is 2.70 bits per heavy atom. The van der Waals surface area contributed by atoms with E-state index in [2.05, 4.69) is 18.2 Å². The van der Waals surface area contributed by atoms with E-state index in [1.807, 2.05) is 11.0 Å². The largest absolute Gasteiger partial charge is 0.481 e. The van der Waals surface area contributed by atoms with Crippen molar-refractivity contribution in [2.45, 2.75) is 24.8 Å². The molecule has 106 valence electrons. The van der Waals surface area contributed by atoms with Gasteiger partial charge in [-0.05, 0) is 24.0 Å². The molecule has 20 heavy (non-hydrogen) atoms. The van der Waals surface area contributed by atoms with Gasteiger partial charge in [-0.2, -0.15) is 0 Å². The monoisotopic (exact) mass is 291 g/mol. The Labute approximate surface area is 122 Å². The molecule has 1 aliphatic heterocycles. The predicted octanol–water partition coefficient (Wildman–Crippen LogP) is 1.88. The summed E-state index contributed by atoms with van der Waals surface area (Å²) >= 11 is 1.17. The first-order valence-electron chi connectivity index (χ1n) is 6.76. The first-order chi connectivity index (χ1) is 9.61. The molecule has 3 rings (SSSR count). The molecule has 0 unspecified atom stereocenters. The number of aliphatic carboxylic acids is 1. The van der Waals surface area contributed by atoms with Crippen LogP contribution in [0.5, 0.6) is 0 Å². The average Bonchev–Trinajstić information content (AvgIpc) is 3.18. The van der Waals surface area contributed by atoms with E-state index in [-0.39, 0.29) is 22.8 Å². The Bertz CT molecular complexity index is 554. The fraction of sp³-hybridized carbons (Fsp3) is 0.467. The maximum absolute atomic E-state index is 12.2. The molecule has 1 aliphatic carbocycles. The number of thioether (sulfide) groups is 1. The molecule has 4 nitrogen and oxygen atoms in total. The minimum atomic E-state index is -0.870. The summed E-state index contributed by atoms with van der Waals surface area (Å²) in [5.41, 5.74) is 2.83. The molecule has 5 heteroatoms. The molecule has 0 aromatic heterocycles. The highest BCUT2D eigenvalue weighted by atomic mass is 32.2. The maximum Gasteiger partial charge on any atom is 0.313 e. The number of benzene rings is 1. The SMILES string of the molecule is O=C(O)CSCC(=O)N1Cc2ccccc2C2(CC2)C1. The first-order valence-corrected chi connectivity index (χ1v) is 7.92. The predicted molar refractivity (Wildman–Crippen MR) is 77.7 cm³/mol. The second-order valence-electron chi connectivity index (χ2n) is 5.57. The summed E-state index contributed by atoms with van der Waals surface area (Å²) in [7, 11) is 0. The number of carbonyl (C=O) groups is 2. The Morgan fingerprint density at radius 2 is 2.00 bits per heavy atom. The molecule has 1 aromatic carbocycles. The number of hydrogen-bond acceptors (Lipinski definition) is 3. The fourth-order valence-corrected chi connectivity index (χ4v) is 3.59. The number of hydrogen-bond donors (Lipinski definition) is 1. The lowest BCUT2D eigenvalue weighted by Crippen LogP contribution is -2.42. The Hall–Kier alpha value is -1.49. The van der Waals surface area contributed by atoms with Crippen molar-refractivity contribution < 1.29 is 14.7 Å². The van der Waals surface area contributed by atoms with E-state index >= 15 is 0 Å². The Kier molecular flexibility index (Phi) is 3.46. The lowest BCUT2D eigenvalue weighted by Gasteiger charge is -2.35. The van der Waals surface area contributed by atoms with Gasteiger partial charge >= 0.3 is 5.97 Å². The van der Waals surface area contributed by atoms with Gasteiger partial charge in [-0.25, -0.2) is 0 Å². The van der Waals surface area contributed by atoms with Crippen LogP contribution in [0.1, 0.15) is 24.0 Å². The van der Waals surface area contributed by atoms with E-state index in [1.165, 1.54) is 22.9 Å².